The Morgan fingerprint density at radius 3 is 2.68 bits per heavy atom. The van der Waals surface area contributed by atoms with E-state index in [0.717, 1.165) is 12.1 Å². The highest BCUT2D eigenvalue weighted by Gasteiger charge is 2.35. The first kappa shape index (κ1) is 17.4. The molecule has 1 heterocycles. The van der Waals surface area contributed by atoms with Crippen LogP contribution in [0.2, 0.25) is 5.02 Å². The van der Waals surface area contributed by atoms with Crippen molar-refractivity contribution in [2.24, 2.45) is 5.92 Å². The summed E-state index contributed by atoms with van der Waals surface area (Å²) in [7, 11) is 0. The van der Waals surface area contributed by atoms with E-state index in [0.29, 0.717) is 0 Å². The van der Waals surface area contributed by atoms with Crippen LogP contribution in [0.1, 0.15) is 18.9 Å². The molecule has 1 aliphatic heterocycles. The van der Waals surface area contributed by atoms with Crippen LogP contribution in [-0.4, -0.2) is 18.4 Å². The molecule has 1 saturated heterocycles. The van der Waals surface area contributed by atoms with Gasteiger partial charge in [-0.05, 0) is 36.2 Å². The predicted molar refractivity (Wildman–Crippen MR) is 96.3 cm³/mol. The van der Waals surface area contributed by atoms with Crippen LogP contribution in [-0.2, 0) is 16.0 Å². The van der Waals surface area contributed by atoms with Crippen molar-refractivity contribution in [3.8, 4) is 0 Å². The van der Waals surface area contributed by atoms with E-state index in [1.807, 2.05) is 24.3 Å². The van der Waals surface area contributed by atoms with Crippen molar-refractivity contribution >= 4 is 34.8 Å². The summed E-state index contributed by atoms with van der Waals surface area (Å²) in [6, 6.07) is 12.1. The van der Waals surface area contributed by atoms with Gasteiger partial charge in [-0.15, -0.1) is 0 Å². The van der Waals surface area contributed by atoms with Crippen molar-refractivity contribution in [1.82, 2.24) is 0 Å². The first-order valence-corrected chi connectivity index (χ1v) is 8.51. The molecule has 0 spiro atoms. The minimum absolute atomic E-state index is 0.0238. The standard InChI is InChI=1S/C19H18ClFN2O2/c1-2-12-6-8-14(9-7-12)23-11-13(10-17(23)24)19(25)22-16-5-3-4-15(20)18(16)21/h3-9,13H,2,10-11H2,1H3,(H,22,25). The topological polar surface area (TPSA) is 49.4 Å². The van der Waals surface area contributed by atoms with E-state index < -0.39 is 11.7 Å². The number of nitrogens with zero attached hydrogens (tertiary/aromatic N) is 1. The van der Waals surface area contributed by atoms with Crippen LogP contribution >= 0.6 is 11.6 Å². The van der Waals surface area contributed by atoms with Gasteiger partial charge in [0.25, 0.3) is 0 Å². The highest BCUT2D eigenvalue weighted by atomic mass is 35.5. The molecule has 25 heavy (non-hydrogen) atoms. The maximum atomic E-state index is 13.9. The fourth-order valence-electron chi connectivity index (χ4n) is 2.88. The Morgan fingerprint density at radius 1 is 1.28 bits per heavy atom. The summed E-state index contributed by atoms with van der Waals surface area (Å²) in [5.74, 6) is -1.70. The minimum Gasteiger partial charge on any atom is -0.323 e. The Balaban J connectivity index is 1.71. The van der Waals surface area contributed by atoms with Crippen molar-refractivity contribution in [2.75, 3.05) is 16.8 Å². The summed E-state index contributed by atoms with van der Waals surface area (Å²) in [6.45, 7) is 2.34. The molecule has 0 aromatic heterocycles. The van der Waals surface area contributed by atoms with Gasteiger partial charge < -0.3 is 10.2 Å². The third kappa shape index (κ3) is 3.66. The molecule has 0 bridgehead atoms. The number of anilines is 2. The monoisotopic (exact) mass is 360 g/mol. The summed E-state index contributed by atoms with van der Waals surface area (Å²) >= 11 is 5.72. The van der Waals surface area contributed by atoms with Crippen molar-refractivity contribution < 1.29 is 14.0 Å². The number of aryl methyl sites for hydroxylation is 1. The van der Waals surface area contributed by atoms with E-state index in [9.17, 15) is 14.0 Å². The molecule has 1 N–H and O–H groups in total. The molecule has 0 saturated carbocycles. The lowest BCUT2D eigenvalue weighted by Gasteiger charge is -2.17. The predicted octanol–water partition coefficient (Wildman–Crippen LogP) is 4.03. The Bertz CT molecular complexity index is 808. The van der Waals surface area contributed by atoms with Gasteiger partial charge in [0.1, 0.15) is 0 Å². The van der Waals surface area contributed by atoms with Gasteiger partial charge in [0.2, 0.25) is 11.8 Å². The molecule has 1 aliphatic rings. The Morgan fingerprint density at radius 2 is 2.00 bits per heavy atom. The molecule has 2 aromatic rings. The van der Waals surface area contributed by atoms with Gasteiger partial charge in [0.15, 0.2) is 5.82 Å². The molecular formula is C19H18ClFN2O2. The van der Waals surface area contributed by atoms with E-state index in [-0.39, 0.29) is 35.5 Å². The van der Waals surface area contributed by atoms with E-state index >= 15 is 0 Å². The minimum atomic E-state index is -0.672. The molecule has 0 aliphatic carbocycles. The lowest BCUT2D eigenvalue weighted by atomic mass is 10.1. The second-order valence-electron chi connectivity index (χ2n) is 6.02. The second kappa shape index (κ2) is 7.23. The molecule has 1 unspecified atom stereocenters. The van der Waals surface area contributed by atoms with Gasteiger partial charge in [-0.2, -0.15) is 0 Å². The smallest absolute Gasteiger partial charge is 0.229 e. The molecule has 2 aromatic carbocycles. The molecule has 1 atom stereocenters. The summed E-state index contributed by atoms with van der Waals surface area (Å²) in [5.41, 5.74) is 1.98. The van der Waals surface area contributed by atoms with E-state index in [4.69, 9.17) is 11.6 Å². The SMILES string of the molecule is CCc1ccc(N2CC(C(=O)Nc3cccc(Cl)c3F)CC2=O)cc1. The van der Waals surface area contributed by atoms with E-state index in [1.54, 1.807) is 11.0 Å². The highest BCUT2D eigenvalue weighted by Crippen LogP contribution is 2.28. The Labute approximate surface area is 150 Å². The van der Waals surface area contributed by atoms with Crippen LogP contribution in [0.3, 0.4) is 0 Å². The third-order valence-corrected chi connectivity index (χ3v) is 4.65. The van der Waals surface area contributed by atoms with Crippen LogP contribution < -0.4 is 10.2 Å². The number of benzene rings is 2. The molecule has 6 heteroatoms. The van der Waals surface area contributed by atoms with Gasteiger partial charge in [0, 0.05) is 18.7 Å². The molecule has 2 amide bonds. The number of nitrogens with one attached hydrogen (secondary N) is 1. The summed E-state index contributed by atoms with van der Waals surface area (Å²) in [4.78, 5) is 26.3. The van der Waals surface area contributed by atoms with Gasteiger partial charge >= 0.3 is 0 Å². The summed E-state index contributed by atoms with van der Waals surface area (Å²) < 4.78 is 13.9. The molecule has 130 valence electrons. The quantitative estimate of drug-likeness (QED) is 0.894. The largest absolute Gasteiger partial charge is 0.323 e. The van der Waals surface area contributed by atoms with E-state index in [1.165, 1.54) is 17.7 Å². The number of halogens is 2. The first-order valence-electron chi connectivity index (χ1n) is 8.13. The van der Waals surface area contributed by atoms with Gasteiger partial charge in [0.05, 0.1) is 16.6 Å². The Hall–Kier alpha value is -2.40. The average molecular weight is 361 g/mol. The van der Waals surface area contributed by atoms with Crippen LogP contribution in [0.5, 0.6) is 0 Å². The Kier molecular flexibility index (Phi) is 5.04. The third-order valence-electron chi connectivity index (χ3n) is 4.36. The second-order valence-corrected chi connectivity index (χ2v) is 6.42. The lowest BCUT2D eigenvalue weighted by molar-refractivity contribution is -0.122. The van der Waals surface area contributed by atoms with Crippen molar-refractivity contribution in [2.45, 2.75) is 19.8 Å². The number of carbonyl (C=O) groups excluding carboxylic acids is 2. The molecular weight excluding hydrogens is 343 g/mol. The zero-order valence-electron chi connectivity index (χ0n) is 13.8. The zero-order valence-corrected chi connectivity index (χ0v) is 14.5. The fraction of sp³-hybridized carbons (Fsp3) is 0.263. The maximum Gasteiger partial charge on any atom is 0.229 e. The fourth-order valence-corrected chi connectivity index (χ4v) is 3.05. The number of amides is 2. The highest BCUT2D eigenvalue weighted by molar-refractivity contribution is 6.31. The van der Waals surface area contributed by atoms with Crippen molar-refractivity contribution in [1.29, 1.82) is 0 Å². The van der Waals surface area contributed by atoms with Crippen LogP contribution in [0.15, 0.2) is 42.5 Å². The number of rotatable bonds is 4. The average Bonchev–Trinajstić information content (AvgIpc) is 3.01. The maximum absolute atomic E-state index is 13.9. The van der Waals surface area contributed by atoms with Crippen LogP contribution in [0.4, 0.5) is 15.8 Å². The zero-order chi connectivity index (χ0) is 18.0. The van der Waals surface area contributed by atoms with Crippen LogP contribution in [0.25, 0.3) is 0 Å². The molecule has 3 rings (SSSR count). The normalized spacial score (nSPS) is 17.0. The lowest BCUT2D eigenvalue weighted by Crippen LogP contribution is -2.28. The number of hydrogen-bond donors (Lipinski definition) is 1. The van der Waals surface area contributed by atoms with Crippen LogP contribution in [0, 0.1) is 11.7 Å². The van der Waals surface area contributed by atoms with E-state index in [2.05, 4.69) is 12.2 Å². The van der Waals surface area contributed by atoms with Gasteiger partial charge in [-0.25, -0.2) is 4.39 Å². The van der Waals surface area contributed by atoms with Crippen molar-refractivity contribution in [3.63, 3.8) is 0 Å². The van der Waals surface area contributed by atoms with Gasteiger partial charge in [-0.1, -0.05) is 36.7 Å². The summed E-state index contributed by atoms with van der Waals surface area (Å²) in [6.07, 6.45) is 1.02. The number of hydrogen-bond acceptors (Lipinski definition) is 2. The molecule has 0 radical (unpaired) electrons. The van der Waals surface area contributed by atoms with Gasteiger partial charge in [-0.3, -0.25) is 9.59 Å². The molecule has 4 nitrogen and oxygen atoms in total. The number of carbonyl (C=O) groups is 2. The molecule has 1 fully saturated rings. The summed E-state index contributed by atoms with van der Waals surface area (Å²) in [5, 5.41) is 2.47. The van der Waals surface area contributed by atoms with Crippen molar-refractivity contribution in [3.05, 3.63) is 58.9 Å². The first-order chi connectivity index (χ1) is 12.0.